The van der Waals surface area contributed by atoms with Gasteiger partial charge in [0, 0.05) is 11.8 Å². The Balaban J connectivity index is 1.71. The Kier molecular flexibility index (Phi) is 7.12. The van der Waals surface area contributed by atoms with Crippen LogP contribution in [0.1, 0.15) is 37.0 Å². The molecule has 32 heavy (non-hydrogen) atoms. The summed E-state index contributed by atoms with van der Waals surface area (Å²) >= 11 is 0. The van der Waals surface area contributed by atoms with Crippen LogP contribution in [-0.4, -0.2) is 39.2 Å². The first-order valence-corrected chi connectivity index (χ1v) is 9.42. The smallest absolute Gasteiger partial charge is 0.337 e. The number of methoxy groups -OCH3 is 3. The summed E-state index contributed by atoms with van der Waals surface area (Å²) in [5.41, 5.74) is 0.360. The van der Waals surface area contributed by atoms with Crippen molar-refractivity contribution in [1.29, 1.82) is 0 Å². The number of esters is 2. The fourth-order valence-electron chi connectivity index (χ4n) is 2.79. The summed E-state index contributed by atoms with van der Waals surface area (Å²) in [5.74, 6) is -0.212. The Morgan fingerprint density at radius 3 is 2.12 bits per heavy atom. The number of ether oxygens (including phenoxy) is 4. The largest absolute Gasteiger partial charge is 0.497 e. The number of nitrogens with one attached hydrogen (secondary N) is 1. The van der Waals surface area contributed by atoms with Gasteiger partial charge in [0.05, 0.1) is 32.5 Å². The van der Waals surface area contributed by atoms with Crippen LogP contribution in [-0.2, 0) is 16.1 Å². The second-order valence-electron chi connectivity index (χ2n) is 6.47. The van der Waals surface area contributed by atoms with E-state index in [9.17, 15) is 14.4 Å². The quantitative estimate of drug-likeness (QED) is 0.529. The predicted molar refractivity (Wildman–Crippen MR) is 113 cm³/mol. The van der Waals surface area contributed by atoms with E-state index in [1.165, 1.54) is 38.5 Å². The maximum Gasteiger partial charge on any atom is 0.337 e. The van der Waals surface area contributed by atoms with Gasteiger partial charge >= 0.3 is 11.9 Å². The molecule has 1 aromatic heterocycles. The number of amides is 1. The van der Waals surface area contributed by atoms with Gasteiger partial charge in [0.15, 0.2) is 5.76 Å². The van der Waals surface area contributed by atoms with E-state index in [-0.39, 0.29) is 29.2 Å². The second-order valence-corrected chi connectivity index (χ2v) is 6.47. The Bertz CT molecular complexity index is 1100. The van der Waals surface area contributed by atoms with E-state index in [4.69, 9.17) is 13.9 Å². The van der Waals surface area contributed by atoms with Gasteiger partial charge in [0.1, 0.15) is 23.9 Å². The van der Waals surface area contributed by atoms with Crippen LogP contribution in [0.2, 0.25) is 0 Å². The van der Waals surface area contributed by atoms with Crippen LogP contribution >= 0.6 is 0 Å². The highest BCUT2D eigenvalue weighted by Crippen LogP contribution is 2.21. The molecule has 0 aliphatic rings. The molecule has 0 aliphatic heterocycles. The van der Waals surface area contributed by atoms with Crippen molar-refractivity contribution in [3.63, 3.8) is 0 Å². The maximum absolute atomic E-state index is 12.6. The van der Waals surface area contributed by atoms with Crippen LogP contribution in [0.4, 0.5) is 5.69 Å². The molecule has 0 spiro atoms. The summed E-state index contributed by atoms with van der Waals surface area (Å²) in [6.07, 6.45) is 0. The summed E-state index contributed by atoms with van der Waals surface area (Å²) in [5, 5.41) is 2.59. The first-order valence-electron chi connectivity index (χ1n) is 9.42. The zero-order valence-corrected chi connectivity index (χ0v) is 17.7. The molecule has 2 aromatic carbocycles. The van der Waals surface area contributed by atoms with Gasteiger partial charge in [0.2, 0.25) is 0 Å². The molecule has 0 saturated carbocycles. The molecule has 0 aliphatic carbocycles. The summed E-state index contributed by atoms with van der Waals surface area (Å²) in [7, 11) is 3.98. The lowest BCUT2D eigenvalue weighted by molar-refractivity contribution is 0.0599. The molecule has 1 N–H and O–H groups in total. The molecule has 0 saturated heterocycles. The van der Waals surface area contributed by atoms with Crippen LogP contribution in [0.25, 0.3) is 0 Å². The van der Waals surface area contributed by atoms with Crippen LogP contribution in [0.15, 0.2) is 59.0 Å². The molecule has 0 radical (unpaired) electrons. The molecule has 3 rings (SSSR count). The van der Waals surface area contributed by atoms with E-state index in [1.54, 1.807) is 37.4 Å². The number of carbonyl (C=O) groups excluding carboxylic acids is 3. The zero-order valence-electron chi connectivity index (χ0n) is 17.7. The average Bonchev–Trinajstić information content (AvgIpc) is 3.31. The van der Waals surface area contributed by atoms with Crippen molar-refractivity contribution in [2.75, 3.05) is 26.6 Å². The normalized spacial score (nSPS) is 10.2. The minimum Gasteiger partial charge on any atom is -0.497 e. The molecule has 0 fully saturated rings. The van der Waals surface area contributed by atoms with E-state index in [1.807, 2.05) is 0 Å². The van der Waals surface area contributed by atoms with E-state index in [2.05, 4.69) is 14.8 Å². The molecular formula is C23H21NO8. The highest BCUT2D eigenvalue weighted by atomic mass is 16.5. The minimum atomic E-state index is -0.666. The summed E-state index contributed by atoms with van der Waals surface area (Å²) < 4.78 is 25.7. The molecule has 0 bridgehead atoms. The topological polar surface area (TPSA) is 113 Å². The number of carbonyl (C=O) groups is 3. The summed E-state index contributed by atoms with van der Waals surface area (Å²) in [4.78, 5) is 36.4. The molecule has 166 valence electrons. The zero-order chi connectivity index (χ0) is 23.1. The van der Waals surface area contributed by atoms with Crippen molar-refractivity contribution in [3.05, 3.63) is 77.2 Å². The van der Waals surface area contributed by atoms with Crippen molar-refractivity contribution in [2.45, 2.75) is 6.61 Å². The third kappa shape index (κ3) is 5.45. The number of rotatable bonds is 8. The first-order chi connectivity index (χ1) is 15.4. The van der Waals surface area contributed by atoms with E-state index < -0.39 is 17.8 Å². The molecule has 9 nitrogen and oxygen atoms in total. The van der Waals surface area contributed by atoms with Gasteiger partial charge in [-0.1, -0.05) is 6.07 Å². The average molecular weight is 439 g/mol. The molecule has 1 heterocycles. The molecule has 3 aromatic rings. The van der Waals surface area contributed by atoms with Gasteiger partial charge in [-0.25, -0.2) is 9.59 Å². The van der Waals surface area contributed by atoms with Crippen LogP contribution in [0, 0.1) is 0 Å². The van der Waals surface area contributed by atoms with Gasteiger partial charge in [-0.15, -0.1) is 0 Å². The van der Waals surface area contributed by atoms with Gasteiger partial charge in [-0.3, -0.25) is 4.79 Å². The maximum atomic E-state index is 12.6. The number of anilines is 1. The summed E-state index contributed by atoms with van der Waals surface area (Å²) in [6, 6.07) is 14.3. The minimum absolute atomic E-state index is 0.0253. The van der Waals surface area contributed by atoms with Crippen molar-refractivity contribution in [3.8, 4) is 11.5 Å². The number of hydrogen-bond acceptors (Lipinski definition) is 8. The standard InChI is InChI=1S/C23H21NO8/c1-28-17-5-4-6-18(12-17)31-13-19-7-8-20(32-19)21(25)24-16-10-14(22(26)29-2)9-15(11-16)23(27)30-3/h4-12H,13H2,1-3H3,(H,24,25). The Hall–Kier alpha value is -4.27. The molecule has 1 amide bonds. The fourth-order valence-corrected chi connectivity index (χ4v) is 2.79. The number of furan rings is 1. The van der Waals surface area contributed by atoms with E-state index >= 15 is 0 Å². The highest BCUT2D eigenvalue weighted by Gasteiger charge is 2.17. The third-order valence-corrected chi connectivity index (χ3v) is 4.34. The van der Waals surface area contributed by atoms with Crippen LogP contribution < -0.4 is 14.8 Å². The predicted octanol–water partition coefficient (Wildman–Crippen LogP) is 3.69. The number of hydrogen-bond donors (Lipinski definition) is 1. The van der Waals surface area contributed by atoms with Gasteiger partial charge in [-0.05, 0) is 42.5 Å². The lowest BCUT2D eigenvalue weighted by Crippen LogP contribution is -2.13. The Morgan fingerprint density at radius 2 is 1.50 bits per heavy atom. The van der Waals surface area contributed by atoms with Crippen LogP contribution in [0.5, 0.6) is 11.5 Å². The second kappa shape index (κ2) is 10.2. The molecule has 0 unspecified atom stereocenters. The van der Waals surface area contributed by atoms with Crippen molar-refractivity contribution < 1.29 is 37.7 Å². The van der Waals surface area contributed by atoms with Gasteiger partial charge in [-0.2, -0.15) is 0 Å². The van der Waals surface area contributed by atoms with Crippen molar-refractivity contribution in [2.24, 2.45) is 0 Å². The highest BCUT2D eigenvalue weighted by molar-refractivity contribution is 6.04. The monoisotopic (exact) mass is 439 g/mol. The number of benzene rings is 2. The fraction of sp³-hybridized carbons (Fsp3) is 0.174. The van der Waals surface area contributed by atoms with Gasteiger partial charge in [0.25, 0.3) is 5.91 Å². The SMILES string of the molecule is COC(=O)c1cc(NC(=O)c2ccc(COc3cccc(OC)c3)o2)cc(C(=O)OC)c1. The third-order valence-electron chi connectivity index (χ3n) is 4.34. The van der Waals surface area contributed by atoms with Crippen molar-refractivity contribution in [1.82, 2.24) is 0 Å². The van der Waals surface area contributed by atoms with E-state index in [0.717, 1.165) is 0 Å². The summed E-state index contributed by atoms with van der Waals surface area (Å²) in [6.45, 7) is 0.102. The molecule has 9 heteroatoms. The van der Waals surface area contributed by atoms with Crippen molar-refractivity contribution >= 4 is 23.5 Å². The van der Waals surface area contributed by atoms with Crippen LogP contribution in [0.3, 0.4) is 0 Å². The Morgan fingerprint density at radius 1 is 0.844 bits per heavy atom. The lowest BCUT2D eigenvalue weighted by atomic mass is 10.1. The van der Waals surface area contributed by atoms with E-state index in [0.29, 0.717) is 17.3 Å². The first kappa shape index (κ1) is 22.4. The molecular weight excluding hydrogens is 418 g/mol. The van der Waals surface area contributed by atoms with Gasteiger partial charge < -0.3 is 28.7 Å². The Labute approximate surface area is 183 Å². The lowest BCUT2D eigenvalue weighted by Gasteiger charge is -2.09. The molecule has 0 atom stereocenters.